The lowest BCUT2D eigenvalue weighted by atomic mass is 10.1. The summed E-state index contributed by atoms with van der Waals surface area (Å²) in [6.07, 6.45) is 6.53. The summed E-state index contributed by atoms with van der Waals surface area (Å²) in [6.45, 7) is 4.36. The van der Waals surface area contributed by atoms with Gasteiger partial charge in [0, 0.05) is 37.5 Å². The molecule has 0 aromatic carbocycles. The van der Waals surface area contributed by atoms with E-state index in [-0.39, 0.29) is 12.0 Å². The third kappa shape index (κ3) is 3.08. The normalized spacial score (nSPS) is 18.2. The average Bonchev–Trinajstić information content (AvgIpc) is 3.13. The van der Waals surface area contributed by atoms with Gasteiger partial charge >= 0.3 is 0 Å². The molecule has 0 saturated carbocycles. The van der Waals surface area contributed by atoms with Gasteiger partial charge in [-0.3, -0.25) is 4.79 Å². The topological polar surface area (TPSA) is 56.2 Å². The molecule has 1 saturated heterocycles. The fourth-order valence-electron chi connectivity index (χ4n) is 2.85. The second-order valence-electron chi connectivity index (χ2n) is 5.43. The highest BCUT2D eigenvalue weighted by Crippen LogP contribution is 2.19. The molecular formula is C16H21N3O2. The summed E-state index contributed by atoms with van der Waals surface area (Å²) < 4.78 is 7.60. The number of carbonyl (C=O) groups excluding carboxylic acids is 1. The molecule has 1 aliphatic heterocycles. The van der Waals surface area contributed by atoms with Gasteiger partial charge in [-0.05, 0) is 37.5 Å². The Morgan fingerprint density at radius 1 is 1.57 bits per heavy atom. The molecule has 1 fully saturated rings. The fraction of sp³-hybridized carbons (Fsp3) is 0.500. The van der Waals surface area contributed by atoms with Crippen molar-refractivity contribution in [2.45, 2.75) is 38.8 Å². The molecule has 5 heteroatoms. The van der Waals surface area contributed by atoms with E-state index in [1.54, 1.807) is 6.20 Å². The summed E-state index contributed by atoms with van der Waals surface area (Å²) in [6, 6.07) is 3.94. The quantitative estimate of drug-likeness (QED) is 0.913. The number of carbonyl (C=O) groups is 1. The minimum Gasteiger partial charge on any atom is -0.376 e. The highest BCUT2D eigenvalue weighted by atomic mass is 16.5. The summed E-state index contributed by atoms with van der Waals surface area (Å²) in [5.41, 5.74) is 1.98. The number of aromatic nitrogens is 2. The number of nitrogens with zero attached hydrogens (tertiary/aromatic N) is 2. The van der Waals surface area contributed by atoms with Gasteiger partial charge in [0.25, 0.3) is 0 Å². The smallest absolute Gasteiger partial charge is 0.224 e. The molecule has 2 aromatic rings. The van der Waals surface area contributed by atoms with E-state index in [0.29, 0.717) is 13.0 Å². The first-order valence-corrected chi connectivity index (χ1v) is 7.59. The molecule has 3 rings (SSSR count). The highest BCUT2D eigenvalue weighted by Gasteiger charge is 2.17. The summed E-state index contributed by atoms with van der Waals surface area (Å²) in [7, 11) is 0. The average molecular weight is 287 g/mol. The van der Waals surface area contributed by atoms with Crippen LogP contribution in [-0.4, -0.2) is 34.7 Å². The van der Waals surface area contributed by atoms with E-state index in [9.17, 15) is 4.79 Å². The Morgan fingerprint density at radius 3 is 3.24 bits per heavy atom. The predicted octanol–water partition coefficient (Wildman–Crippen LogP) is 1.89. The Kier molecular flexibility index (Phi) is 4.20. The van der Waals surface area contributed by atoms with Gasteiger partial charge in [-0.15, -0.1) is 0 Å². The van der Waals surface area contributed by atoms with Gasteiger partial charge in [0.05, 0.1) is 12.5 Å². The zero-order valence-electron chi connectivity index (χ0n) is 12.3. The van der Waals surface area contributed by atoms with Crippen molar-refractivity contribution in [3.8, 4) is 0 Å². The number of pyridine rings is 1. The van der Waals surface area contributed by atoms with E-state index in [1.807, 2.05) is 18.3 Å². The zero-order valence-corrected chi connectivity index (χ0v) is 12.3. The van der Waals surface area contributed by atoms with E-state index >= 15 is 0 Å². The van der Waals surface area contributed by atoms with Crippen LogP contribution in [0.2, 0.25) is 0 Å². The van der Waals surface area contributed by atoms with E-state index in [0.717, 1.165) is 42.6 Å². The molecule has 0 unspecified atom stereocenters. The molecule has 0 aliphatic carbocycles. The standard InChI is InChI=1S/C16H21N3O2/c1-2-19-11-12(14-6-3-7-17-16(14)19)9-15(20)18-10-13-5-4-8-21-13/h3,6-7,11,13H,2,4-5,8-10H2,1H3,(H,18,20)/t13-/m0/s1. The van der Waals surface area contributed by atoms with Crippen LogP contribution >= 0.6 is 0 Å². The SMILES string of the molecule is CCn1cc(CC(=O)NC[C@@H]2CCCO2)c2cccnc21. The van der Waals surface area contributed by atoms with E-state index in [1.165, 1.54) is 0 Å². The molecule has 0 radical (unpaired) electrons. The van der Waals surface area contributed by atoms with Gasteiger partial charge in [-0.25, -0.2) is 4.98 Å². The first-order valence-electron chi connectivity index (χ1n) is 7.59. The Labute approximate surface area is 124 Å². The first kappa shape index (κ1) is 14.1. The third-order valence-corrected chi connectivity index (χ3v) is 3.96. The van der Waals surface area contributed by atoms with Crippen LogP contribution in [-0.2, 0) is 22.5 Å². The van der Waals surface area contributed by atoms with Crippen molar-refractivity contribution in [3.05, 3.63) is 30.1 Å². The molecule has 0 spiro atoms. The largest absolute Gasteiger partial charge is 0.376 e. The van der Waals surface area contributed by atoms with Crippen LogP contribution in [0.4, 0.5) is 0 Å². The lowest BCUT2D eigenvalue weighted by molar-refractivity contribution is -0.120. The lowest BCUT2D eigenvalue weighted by Gasteiger charge is -2.10. The number of ether oxygens (including phenoxy) is 1. The Hall–Kier alpha value is -1.88. The second-order valence-corrected chi connectivity index (χ2v) is 5.43. The summed E-state index contributed by atoms with van der Waals surface area (Å²) in [4.78, 5) is 16.5. The number of rotatable bonds is 5. The van der Waals surface area contributed by atoms with Gasteiger partial charge in [-0.1, -0.05) is 0 Å². The maximum atomic E-state index is 12.1. The number of fused-ring (bicyclic) bond motifs is 1. The van der Waals surface area contributed by atoms with Gasteiger partial charge in [-0.2, -0.15) is 0 Å². The maximum Gasteiger partial charge on any atom is 0.224 e. The Bertz CT molecular complexity index is 629. The van der Waals surface area contributed by atoms with Crippen molar-refractivity contribution in [1.29, 1.82) is 0 Å². The van der Waals surface area contributed by atoms with Crippen LogP contribution in [0.5, 0.6) is 0 Å². The van der Waals surface area contributed by atoms with Crippen LogP contribution < -0.4 is 5.32 Å². The Morgan fingerprint density at radius 2 is 2.48 bits per heavy atom. The van der Waals surface area contributed by atoms with Crippen molar-refractivity contribution >= 4 is 16.9 Å². The minimum absolute atomic E-state index is 0.0458. The molecule has 112 valence electrons. The number of amides is 1. The van der Waals surface area contributed by atoms with Crippen molar-refractivity contribution < 1.29 is 9.53 Å². The summed E-state index contributed by atoms with van der Waals surface area (Å²) in [5, 5.41) is 4.03. The maximum absolute atomic E-state index is 12.1. The first-order chi connectivity index (χ1) is 10.3. The zero-order chi connectivity index (χ0) is 14.7. The molecule has 3 heterocycles. The molecule has 1 aliphatic rings. The van der Waals surface area contributed by atoms with Gasteiger partial charge in [0.1, 0.15) is 5.65 Å². The Balaban J connectivity index is 1.67. The molecular weight excluding hydrogens is 266 g/mol. The molecule has 1 amide bonds. The third-order valence-electron chi connectivity index (χ3n) is 3.96. The number of hydrogen-bond acceptors (Lipinski definition) is 3. The number of hydrogen-bond donors (Lipinski definition) is 1. The van der Waals surface area contributed by atoms with Crippen LogP contribution in [0.3, 0.4) is 0 Å². The van der Waals surface area contributed by atoms with Crippen molar-refractivity contribution in [3.63, 3.8) is 0 Å². The predicted molar refractivity (Wildman–Crippen MR) is 81.1 cm³/mol. The summed E-state index contributed by atoms with van der Waals surface area (Å²) >= 11 is 0. The van der Waals surface area contributed by atoms with Gasteiger partial charge in [0.15, 0.2) is 0 Å². The fourth-order valence-corrected chi connectivity index (χ4v) is 2.85. The molecule has 5 nitrogen and oxygen atoms in total. The monoisotopic (exact) mass is 287 g/mol. The minimum atomic E-state index is 0.0458. The van der Waals surface area contributed by atoms with Crippen LogP contribution in [0.15, 0.2) is 24.5 Å². The second kappa shape index (κ2) is 6.26. The highest BCUT2D eigenvalue weighted by molar-refractivity contribution is 5.87. The van der Waals surface area contributed by atoms with Gasteiger partial charge in [0.2, 0.25) is 5.91 Å². The molecule has 0 bridgehead atoms. The van der Waals surface area contributed by atoms with E-state index < -0.39 is 0 Å². The lowest BCUT2D eigenvalue weighted by Crippen LogP contribution is -2.32. The van der Waals surface area contributed by atoms with E-state index in [2.05, 4.69) is 21.8 Å². The molecule has 1 N–H and O–H groups in total. The number of aryl methyl sites for hydroxylation is 1. The summed E-state index contributed by atoms with van der Waals surface area (Å²) in [5.74, 6) is 0.0458. The molecule has 21 heavy (non-hydrogen) atoms. The van der Waals surface area contributed by atoms with Crippen LogP contribution in [0.1, 0.15) is 25.3 Å². The van der Waals surface area contributed by atoms with Crippen molar-refractivity contribution in [2.24, 2.45) is 0 Å². The van der Waals surface area contributed by atoms with Gasteiger partial charge < -0.3 is 14.6 Å². The van der Waals surface area contributed by atoms with Crippen LogP contribution in [0, 0.1) is 0 Å². The van der Waals surface area contributed by atoms with Crippen LogP contribution in [0.25, 0.3) is 11.0 Å². The molecule has 2 aromatic heterocycles. The van der Waals surface area contributed by atoms with Crippen molar-refractivity contribution in [2.75, 3.05) is 13.2 Å². The number of nitrogens with one attached hydrogen (secondary N) is 1. The van der Waals surface area contributed by atoms with Crippen molar-refractivity contribution in [1.82, 2.24) is 14.9 Å². The molecule has 1 atom stereocenters. The van der Waals surface area contributed by atoms with E-state index in [4.69, 9.17) is 4.74 Å².